The molecule has 3 nitrogen and oxygen atoms in total. The lowest BCUT2D eigenvalue weighted by Crippen LogP contribution is -2.27. The van der Waals surface area contributed by atoms with E-state index in [1.807, 2.05) is 0 Å². The van der Waals surface area contributed by atoms with Crippen LogP contribution in [0.2, 0.25) is 0 Å². The molecule has 2 rings (SSSR count). The molecule has 0 aliphatic carbocycles. The number of benzene rings is 1. The van der Waals surface area contributed by atoms with Gasteiger partial charge in [0.1, 0.15) is 0 Å². The van der Waals surface area contributed by atoms with Crippen molar-refractivity contribution in [3.8, 4) is 0 Å². The van der Waals surface area contributed by atoms with Crippen LogP contribution in [0.25, 0.3) is 0 Å². The van der Waals surface area contributed by atoms with E-state index in [2.05, 4.69) is 0 Å². The summed E-state index contributed by atoms with van der Waals surface area (Å²) >= 11 is 5.94. The van der Waals surface area contributed by atoms with Gasteiger partial charge >= 0.3 is 5.97 Å². The van der Waals surface area contributed by atoms with Crippen LogP contribution in [-0.2, 0) is 14.6 Å². The van der Waals surface area contributed by atoms with Crippen molar-refractivity contribution in [2.75, 3.05) is 0 Å². The lowest BCUT2D eigenvalue weighted by Gasteiger charge is -2.16. The maximum Gasteiger partial charge on any atom is 0.340 e. The molecule has 0 radical (unpaired) electrons. The monoisotopic (exact) mass is 210 g/mol. The minimum Gasteiger partial charge on any atom is -0.427 e. The van der Waals surface area contributed by atoms with Gasteiger partial charge < -0.3 is 4.74 Å². The Balaban J connectivity index is 2.65. The highest BCUT2D eigenvalue weighted by Crippen LogP contribution is 2.40. The molecule has 0 N–H and O–H groups in total. The number of Topliss-reactive ketones (excluding diaryl/α,β-unsaturated/α-hetero) is 1. The Bertz CT molecular complexity index is 427. The van der Waals surface area contributed by atoms with Crippen LogP contribution in [0.4, 0.5) is 0 Å². The molecule has 1 heterocycles. The Hall–Kier alpha value is -1.35. The fraction of sp³-hybridized carbons (Fsp3) is 0.200. The third-order valence-electron chi connectivity index (χ3n) is 2.18. The van der Waals surface area contributed by atoms with Crippen molar-refractivity contribution in [2.45, 2.75) is 12.0 Å². The van der Waals surface area contributed by atoms with Crippen LogP contribution >= 0.6 is 11.6 Å². The van der Waals surface area contributed by atoms with E-state index in [0.29, 0.717) is 11.1 Å². The number of carbonyl (C=O) groups is 2. The van der Waals surface area contributed by atoms with Gasteiger partial charge in [0.25, 0.3) is 5.06 Å². The molecule has 0 saturated heterocycles. The summed E-state index contributed by atoms with van der Waals surface area (Å²) in [4.78, 5) is 22.6. The van der Waals surface area contributed by atoms with Gasteiger partial charge in [-0.3, -0.25) is 4.79 Å². The normalized spacial score (nSPS) is 24.3. The maximum atomic E-state index is 11.3. The molecule has 72 valence electrons. The molecule has 14 heavy (non-hydrogen) atoms. The first kappa shape index (κ1) is 9.21. The number of halogens is 1. The van der Waals surface area contributed by atoms with Gasteiger partial charge in [0.15, 0.2) is 5.78 Å². The molecule has 1 aromatic carbocycles. The number of alkyl halides is 1. The second-order valence-corrected chi connectivity index (χ2v) is 3.62. The van der Waals surface area contributed by atoms with Gasteiger partial charge in [-0.05, 0) is 6.07 Å². The molecule has 0 fully saturated rings. The second-order valence-electron chi connectivity index (χ2n) is 3.09. The molecule has 1 aliphatic rings. The smallest absolute Gasteiger partial charge is 0.340 e. The predicted molar refractivity (Wildman–Crippen MR) is 50.1 cm³/mol. The Morgan fingerprint density at radius 2 is 2.07 bits per heavy atom. The number of ketones is 1. The van der Waals surface area contributed by atoms with E-state index in [1.54, 1.807) is 24.3 Å². The molecule has 0 aromatic heterocycles. The Morgan fingerprint density at radius 1 is 1.43 bits per heavy atom. The minimum absolute atomic E-state index is 0.359. The highest BCUT2D eigenvalue weighted by atomic mass is 35.5. The molecule has 4 heteroatoms. The maximum absolute atomic E-state index is 11.3. The summed E-state index contributed by atoms with van der Waals surface area (Å²) in [5.41, 5.74) is 0.789. The van der Waals surface area contributed by atoms with Crippen molar-refractivity contribution in [1.82, 2.24) is 0 Å². The summed E-state index contributed by atoms with van der Waals surface area (Å²) in [6, 6.07) is 6.61. The number of ether oxygens (including phenoxy) is 1. The average molecular weight is 211 g/mol. The van der Waals surface area contributed by atoms with E-state index in [0.717, 1.165) is 0 Å². The molecular formula is C10H7ClO3. The third-order valence-corrected chi connectivity index (χ3v) is 2.73. The van der Waals surface area contributed by atoms with Crippen molar-refractivity contribution in [3.05, 3.63) is 35.4 Å². The molecule has 0 amide bonds. The van der Waals surface area contributed by atoms with Crippen molar-refractivity contribution in [1.29, 1.82) is 0 Å². The van der Waals surface area contributed by atoms with E-state index in [-0.39, 0.29) is 0 Å². The van der Waals surface area contributed by atoms with Crippen LogP contribution in [-0.4, -0.2) is 11.8 Å². The third kappa shape index (κ3) is 1.06. The van der Waals surface area contributed by atoms with E-state index in [9.17, 15) is 9.59 Å². The van der Waals surface area contributed by atoms with Crippen molar-refractivity contribution in [2.24, 2.45) is 0 Å². The summed E-state index contributed by atoms with van der Waals surface area (Å²) in [6.45, 7) is 1.29. The first-order chi connectivity index (χ1) is 6.55. The lowest BCUT2D eigenvalue weighted by atomic mass is 10.0. The fourth-order valence-corrected chi connectivity index (χ4v) is 1.68. The molecular weight excluding hydrogens is 204 g/mol. The SMILES string of the molecule is CC(=O)C1(Cl)OC(=O)c2ccccc21. The Morgan fingerprint density at radius 3 is 2.71 bits per heavy atom. The Labute approximate surface area is 85.6 Å². The zero-order chi connectivity index (χ0) is 10.3. The lowest BCUT2D eigenvalue weighted by molar-refractivity contribution is -0.128. The number of esters is 1. The molecule has 0 spiro atoms. The number of hydrogen-bond acceptors (Lipinski definition) is 3. The minimum atomic E-state index is -1.62. The number of carbonyl (C=O) groups excluding carboxylic acids is 2. The highest BCUT2D eigenvalue weighted by molar-refractivity contribution is 6.36. The zero-order valence-electron chi connectivity index (χ0n) is 7.41. The van der Waals surface area contributed by atoms with E-state index in [1.165, 1.54) is 6.92 Å². The van der Waals surface area contributed by atoms with Crippen molar-refractivity contribution in [3.63, 3.8) is 0 Å². The topological polar surface area (TPSA) is 43.4 Å². The molecule has 0 saturated carbocycles. The quantitative estimate of drug-likeness (QED) is 0.525. The summed E-state index contributed by atoms with van der Waals surface area (Å²) in [6.07, 6.45) is 0. The summed E-state index contributed by atoms with van der Waals surface area (Å²) in [5.74, 6) is -0.941. The van der Waals surface area contributed by atoms with Crippen LogP contribution in [0, 0.1) is 0 Å². The van der Waals surface area contributed by atoms with Crippen LogP contribution in [0.5, 0.6) is 0 Å². The average Bonchev–Trinajstić information content (AvgIpc) is 2.42. The Kier molecular flexibility index (Phi) is 1.86. The van der Waals surface area contributed by atoms with Gasteiger partial charge in [0.05, 0.1) is 5.56 Å². The number of rotatable bonds is 1. The van der Waals surface area contributed by atoms with Crippen LogP contribution < -0.4 is 0 Å². The summed E-state index contributed by atoms with van der Waals surface area (Å²) in [7, 11) is 0. The van der Waals surface area contributed by atoms with E-state index in [4.69, 9.17) is 16.3 Å². The second kappa shape index (κ2) is 2.82. The van der Waals surface area contributed by atoms with Gasteiger partial charge in [-0.1, -0.05) is 29.8 Å². The van der Waals surface area contributed by atoms with Gasteiger partial charge in [-0.25, -0.2) is 4.79 Å². The van der Waals surface area contributed by atoms with Crippen LogP contribution in [0.1, 0.15) is 22.8 Å². The predicted octanol–water partition coefficient (Wildman–Crippen LogP) is 1.84. The molecule has 1 aromatic rings. The largest absolute Gasteiger partial charge is 0.427 e. The van der Waals surface area contributed by atoms with Crippen molar-refractivity contribution < 1.29 is 14.3 Å². The fourth-order valence-electron chi connectivity index (χ4n) is 1.44. The summed E-state index contributed by atoms with van der Waals surface area (Å²) < 4.78 is 4.86. The van der Waals surface area contributed by atoms with Gasteiger partial charge in [-0.15, -0.1) is 0 Å². The number of cyclic esters (lactones) is 1. The van der Waals surface area contributed by atoms with Gasteiger partial charge in [0.2, 0.25) is 0 Å². The first-order valence-electron chi connectivity index (χ1n) is 4.08. The van der Waals surface area contributed by atoms with E-state index >= 15 is 0 Å². The molecule has 1 aliphatic heterocycles. The van der Waals surface area contributed by atoms with Crippen LogP contribution in [0.15, 0.2) is 24.3 Å². The van der Waals surface area contributed by atoms with Gasteiger partial charge in [-0.2, -0.15) is 0 Å². The van der Waals surface area contributed by atoms with Gasteiger partial charge in [0, 0.05) is 12.5 Å². The highest BCUT2D eigenvalue weighted by Gasteiger charge is 2.47. The molecule has 1 atom stereocenters. The zero-order valence-corrected chi connectivity index (χ0v) is 8.17. The molecule has 1 unspecified atom stereocenters. The van der Waals surface area contributed by atoms with Crippen LogP contribution in [0.3, 0.4) is 0 Å². The van der Waals surface area contributed by atoms with Crippen molar-refractivity contribution >= 4 is 23.4 Å². The van der Waals surface area contributed by atoms with E-state index < -0.39 is 16.8 Å². The number of hydrogen-bond donors (Lipinski definition) is 0. The summed E-state index contributed by atoms with van der Waals surface area (Å²) in [5, 5.41) is -1.62. The molecule has 0 bridgehead atoms. The standard InChI is InChI=1S/C10H7ClO3/c1-6(12)10(11)8-5-3-2-4-7(8)9(13)14-10/h2-5H,1H3. The first-order valence-corrected chi connectivity index (χ1v) is 4.46. The number of fused-ring (bicyclic) bond motifs is 1.